The van der Waals surface area contributed by atoms with Gasteiger partial charge in [0.25, 0.3) is 0 Å². The van der Waals surface area contributed by atoms with E-state index in [9.17, 15) is 19.2 Å². The quantitative estimate of drug-likeness (QED) is 0.0296. The molecule has 4 amide bonds. The van der Waals surface area contributed by atoms with Gasteiger partial charge in [0.2, 0.25) is 23.6 Å². The molecule has 13 N–H and O–H groups in total. The average molecular weight is 690 g/mol. The third kappa shape index (κ3) is 11.0. The maximum Gasteiger partial charge on any atom is 0.242 e. The molecule has 266 valence electrons. The van der Waals surface area contributed by atoms with E-state index in [2.05, 4.69) is 29.1 Å². The summed E-state index contributed by atoms with van der Waals surface area (Å²) in [6, 6.07) is 6.27. The van der Waals surface area contributed by atoms with Gasteiger partial charge < -0.3 is 44.2 Å². The minimum Gasteiger partial charge on any atom is -0.370 e. The van der Waals surface area contributed by atoms with Crippen molar-refractivity contribution in [2.24, 2.45) is 22.9 Å². The molecule has 0 aliphatic carbocycles. The maximum absolute atomic E-state index is 14.6. The van der Waals surface area contributed by atoms with Gasteiger partial charge in [0.1, 0.15) is 74.9 Å². The van der Waals surface area contributed by atoms with Gasteiger partial charge in [-0.3, -0.25) is 24.6 Å². The SMILES string of the molecule is Bc1c(B)c(B)c(C(B)(B)[C@](B)(NC(=O)[C@@H](CCCNC(=N)N)NC(=O)[C@@H](N)Cc2ccccc2)C(=O)N[C@@H](CCCCN)C(N)=O)c(B)c1B. The highest BCUT2D eigenvalue weighted by atomic mass is 16.2. The Morgan fingerprint density at radius 1 is 0.765 bits per heavy atom. The Morgan fingerprint density at radius 2 is 1.31 bits per heavy atom. The number of amides is 4. The van der Waals surface area contributed by atoms with Crippen LogP contribution in [0.2, 0.25) is 0 Å². The molecule has 21 heteroatoms. The van der Waals surface area contributed by atoms with Crippen LogP contribution in [0.1, 0.15) is 43.2 Å². The normalized spacial score (nSPS) is 14.2. The van der Waals surface area contributed by atoms with Crippen LogP contribution in [0.3, 0.4) is 0 Å². The number of rotatable bonds is 19. The molecular formula is C30H53B8N9O4. The summed E-state index contributed by atoms with van der Waals surface area (Å²) in [5, 5.41) is 17.8. The highest BCUT2D eigenvalue weighted by Crippen LogP contribution is 2.26. The predicted molar refractivity (Wildman–Crippen MR) is 229 cm³/mol. The first kappa shape index (κ1) is 43.2. The molecular weight excluding hydrogens is 637 g/mol. The Kier molecular flexibility index (Phi) is 16.1. The summed E-state index contributed by atoms with van der Waals surface area (Å²) in [7, 11) is 15.6. The lowest BCUT2D eigenvalue weighted by molar-refractivity contribution is -0.135. The van der Waals surface area contributed by atoms with Crippen LogP contribution in [0.25, 0.3) is 0 Å². The van der Waals surface area contributed by atoms with Crippen LogP contribution in [-0.4, -0.2) is 129 Å². The topological polar surface area (TPSA) is 244 Å². The molecule has 0 heterocycles. The fourth-order valence-electron chi connectivity index (χ4n) is 6.64. The number of benzene rings is 2. The van der Waals surface area contributed by atoms with Gasteiger partial charge in [-0.2, -0.15) is 0 Å². The van der Waals surface area contributed by atoms with Crippen molar-refractivity contribution in [3.05, 3.63) is 41.5 Å². The molecule has 0 spiro atoms. The lowest BCUT2D eigenvalue weighted by Gasteiger charge is -2.48. The molecule has 2 aromatic rings. The third-order valence-electron chi connectivity index (χ3n) is 10.6. The number of nitrogens with two attached hydrogens (primary N) is 4. The van der Waals surface area contributed by atoms with E-state index in [1.165, 1.54) is 0 Å². The second-order valence-corrected chi connectivity index (χ2v) is 14.3. The van der Waals surface area contributed by atoms with Gasteiger partial charge in [-0.05, 0) is 55.8 Å². The van der Waals surface area contributed by atoms with E-state index in [4.69, 9.17) is 28.3 Å². The van der Waals surface area contributed by atoms with Crippen LogP contribution in [0.15, 0.2) is 30.3 Å². The predicted octanol–water partition coefficient (Wildman–Crippen LogP) is -12.7. The molecule has 0 bridgehead atoms. The van der Waals surface area contributed by atoms with Gasteiger partial charge in [-0.15, -0.1) is 16.4 Å². The summed E-state index contributed by atoms with van der Waals surface area (Å²) in [6.07, 6.45) is 2.26. The molecule has 51 heavy (non-hydrogen) atoms. The molecule has 2 aromatic carbocycles. The molecule has 0 unspecified atom stereocenters. The summed E-state index contributed by atoms with van der Waals surface area (Å²) >= 11 is 0. The van der Waals surface area contributed by atoms with Crippen molar-refractivity contribution in [3.63, 3.8) is 0 Å². The van der Waals surface area contributed by atoms with E-state index < -0.39 is 52.4 Å². The van der Waals surface area contributed by atoms with Crippen molar-refractivity contribution in [1.29, 1.82) is 5.41 Å². The largest absolute Gasteiger partial charge is 0.370 e. The van der Waals surface area contributed by atoms with Crippen molar-refractivity contribution >= 4 is 120 Å². The zero-order chi connectivity index (χ0) is 38.7. The highest BCUT2D eigenvalue weighted by Gasteiger charge is 2.51. The number of hydrogen-bond acceptors (Lipinski definition) is 7. The summed E-state index contributed by atoms with van der Waals surface area (Å²) in [5.74, 6) is -2.67. The second-order valence-electron chi connectivity index (χ2n) is 14.3. The fraction of sp³-hybridized carbons (Fsp3) is 0.433. The lowest BCUT2D eigenvalue weighted by atomic mass is 9.34. The number of carbonyl (C=O) groups is 4. The number of unbranched alkanes of at least 4 members (excludes halogenated alkanes) is 1. The van der Waals surface area contributed by atoms with Crippen LogP contribution in [0.5, 0.6) is 0 Å². The summed E-state index contributed by atoms with van der Waals surface area (Å²) < 4.78 is 0. The van der Waals surface area contributed by atoms with Gasteiger partial charge in [0, 0.05) is 6.54 Å². The molecule has 13 nitrogen and oxygen atoms in total. The lowest BCUT2D eigenvalue weighted by Crippen LogP contribution is -2.76. The van der Waals surface area contributed by atoms with Crippen molar-refractivity contribution in [2.75, 3.05) is 13.1 Å². The summed E-state index contributed by atoms with van der Waals surface area (Å²) in [6.45, 7) is 0.701. The Bertz CT molecular complexity index is 1560. The van der Waals surface area contributed by atoms with Crippen LogP contribution in [0, 0.1) is 5.41 Å². The summed E-state index contributed by atoms with van der Waals surface area (Å²) in [5.41, 5.74) is 28.5. The number of hydrogen-bond donors (Lipinski definition) is 9. The Balaban J connectivity index is 2.63. The zero-order valence-corrected chi connectivity index (χ0v) is 31.7. The van der Waals surface area contributed by atoms with Gasteiger partial charge in [-0.1, -0.05) is 46.8 Å². The summed E-state index contributed by atoms with van der Waals surface area (Å²) in [4.78, 5) is 55.0. The average Bonchev–Trinajstić information content (AvgIpc) is 3.07. The van der Waals surface area contributed by atoms with Gasteiger partial charge in [0.05, 0.1) is 11.5 Å². The molecule has 0 radical (unpaired) electrons. The van der Waals surface area contributed by atoms with E-state index in [0.717, 1.165) is 38.4 Å². The van der Waals surface area contributed by atoms with Crippen molar-refractivity contribution in [2.45, 2.75) is 67.3 Å². The van der Waals surface area contributed by atoms with Crippen LogP contribution < -0.4 is 71.5 Å². The highest BCUT2D eigenvalue weighted by molar-refractivity contribution is 6.68. The van der Waals surface area contributed by atoms with E-state index in [1.807, 2.05) is 77.4 Å². The minimum absolute atomic E-state index is 0.151. The van der Waals surface area contributed by atoms with E-state index in [0.29, 0.717) is 25.8 Å². The van der Waals surface area contributed by atoms with Crippen LogP contribution >= 0.6 is 0 Å². The van der Waals surface area contributed by atoms with E-state index >= 15 is 0 Å². The van der Waals surface area contributed by atoms with Crippen LogP contribution in [-0.2, 0) is 30.8 Å². The maximum atomic E-state index is 14.6. The standard InChI is InChI=1S/C30H53B8N9O4/c31-19-18(20(32)22(34)23(35)21(19)33)29(36,37)30(38,27(51)46-16(24(41)48)9-4-5-11-39)47-26(50)17(10-6-12-44-28(42)43)45-25(49)15(40)13-14-7-2-1-3-8-14/h1-3,7-8,15-17H,4-6,9-13,31-40H2,(H2,41,48)(H,45,49)(H,46,51)(H,47,50)(H4,42,43,44)/t15-,16-,17+,30+/m0/s1. The molecule has 0 fully saturated rings. The molecule has 4 atom stereocenters. The molecule has 0 aliphatic heterocycles. The third-order valence-corrected chi connectivity index (χ3v) is 10.6. The first-order valence-corrected chi connectivity index (χ1v) is 17.7. The van der Waals surface area contributed by atoms with Gasteiger partial charge in [0.15, 0.2) is 5.96 Å². The smallest absolute Gasteiger partial charge is 0.242 e. The number of primary amides is 1. The van der Waals surface area contributed by atoms with E-state index in [-0.39, 0.29) is 31.8 Å². The molecule has 0 saturated heterocycles. The first-order valence-electron chi connectivity index (χ1n) is 17.7. The fourth-order valence-corrected chi connectivity index (χ4v) is 6.64. The Morgan fingerprint density at radius 3 is 1.84 bits per heavy atom. The Hall–Kier alpha value is -3.97. The van der Waals surface area contributed by atoms with Crippen molar-refractivity contribution in [1.82, 2.24) is 21.3 Å². The molecule has 0 aliphatic rings. The second kappa shape index (κ2) is 19.0. The zero-order valence-electron chi connectivity index (χ0n) is 31.7. The number of guanidine groups is 1. The molecule has 0 saturated carbocycles. The number of carbonyl (C=O) groups excluding carboxylic acids is 4. The van der Waals surface area contributed by atoms with Crippen LogP contribution in [0.4, 0.5) is 0 Å². The minimum atomic E-state index is -1.66. The molecule has 2 rings (SSSR count). The first-order chi connectivity index (χ1) is 23.8. The van der Waals surface area contributed by atoms with E-state index in [1.54, 1.807) is 7.85 Å². The van der Waals surface area contributed by atoms with Gasteiger partial charge in [-0.25, -0.2) is 0 Å². The molecule has 0 aromatic heterocycles. The van der Waals surface area contributed by atoms with Crippen molar-refractivity contribution < 1.29 is 19.2 Å². The van der Waals surface area contributed by atoms with Crippen molar-refractivity contribution in [3.8, 4) is 0 Å². The number of nitrogens with one attached hydrogen (secondary N) is 5. The Labute approximate surface area is 309 Å². The van der Waals surface area contributed by atoms with Gasteiger partial charge >= 0.3 is 0 Å². The monoisotopic (exact) mass is 691 g/mol.